The molecule has 2 rings (SSSR count). The summed E-state index contributed by atoms with van der Waals surface area (Å²) in [7, 11) is 0. The third-order valence-corrected chi connectivity index (χ3v) is 3.79. The van der Waals surface area contributed by atoms with Crippen LogP contribution < -0.4 is 5.32 Å². The van der Waals surface area contributed by atoms with E-state index in [1.807, 2.05) is 4.90 Å². The van der Waals surface area contributed by atoms with Crippen LogP contribution in [0.3, 0.4) is 0 Å². The van der Waals surface area contributed by atoms with Crippen molar-refractivity contribution < 1.29 is 14.7 Å². The zero-order valence-electron chi connectivity index (χ0n) is 10.6. The molecule has 0 radical (unpaired) electrons. The number of piperazine rings is 1. The van der Waals surface area contributed by atoms with Gasteiger partial charge >= 0.3 is 5.97 Å². The van der Waals surface area contributed by atoms with Crippen molar-refractivity contribution in [3.05, 3.63) is 33.8 Å². The Morgan fingerprint density at radius 3 is 2.90 bits per heavy atom. The Bertz CT molecular complexity index is 536. The molecule has 108 valence electrons. The maximum atomic E-state index is 11.8. The van der Waals surface area contributed by atoms with Crippen LogP contribution in [0.15, 0.2) is 18.2 Å². The number of halogens is 2. The van der Waals surface area contributed by atoms with E-state index in [1.165, 1.54) is 0 Å². The largest absolute Gasteiger partial charge is 0.481 e. The number of carboxylic acid groups (broad SMARTS) is 1. The van der Waals surface area contributed by atoms with Gasteiger partial charge < -0.3 is 10.4 Å². The van der Waals surface area contributed by atoms with E-state index in [9.17, 15) is 9.59 Å². The molecule has 20 heavy (non-hydrogen) atoms. The molecule has 1 fully saturated rings. The van der Waals surface area contributed by atoms with Crippen LogP contribution in [0, 0.1) is 0 Å². The first kappa shape index (κ1) is 15.1. The molecule has 1 atom stereocenters. The Labute approximate surface area is 126 Å². The summed E-state index contributed by atoms with van der Waals surface area (Å²) in [6.45, 7) is 1.46. The van der Waals surface area contributed by atoms with Crippen molar-refractivity contribution in [1.82, 2.24) is 10.2 Å². The molecule has 0 aromatic heterocycles. The van der Waals surface area contributed by atoms with Crippen LogP contribution in [0.5, 0.6) is 0 Å². The van der Waals surface area contributed by atoms with Gasteiger partial charge in [-0.3, -0.25) is 14.5 Å². The second-order valence-corrected chi connectivity index (χ2v) is 5.45. The SMILES string of the molecule is O=C(O)CC1C(=O)NCCN1Cc1cc(Cl)ccc1Cl. The number of hydrogen-bond acceptors (Lipinski definition) is 3. The molecule has 5 nitrogen and oxygen atoms in total. The summed E-state index contributed by atoms with van der Waals surface area (Å²) in [5.41, 5.74) is 0.782. The highest BCUT2D eigenvalue weighted by Gasteiger charge is 2.31. The predicted molar refractivity (Wildman–Crippen MR) is 75.9 cm³/mol. The molecule has 1 unspecified atom stereocenters. The van der Waals surface area contributed by atoms with Gasteiger partial charge in [0.05, 0.1) is 6.42 Å². The second kappa shape index (κ2) is 6.43. The van der Waals surface area contributed by atoms with Gasteiger partial charge in [-0.2, -0.15) is 0 Å². The van der Waals surface area contributed by atoms with E-state index in [0.29, 0.717) is 29.7 Å². The molecule has 1 amide bonds. The first-order valence-corrected chi connectivity index (χ1v) is 6.90. The number of nitrogens with zero attached hydrogens (tertiary/aromatic N) is 1. The van der Waals surface area contributed by atoms with Gasteiger partial charge in [0.25, 0.3) is 0 Å². The van der Waals surface area contributed by atoms with Crippen molar-refractivity contribution in [3.63, 3.8) is 0 Å². The number of carboxylic acids is 1. The molecule has 0 saturated carbocycles. The van der Waals surface area contributed by atoms with Gasteiger partial charge in [0.2, 0.25) is 5.91 Å². The van der Waals surface area contributed by atoms with Crippen LogP contribution in [-0.4, -0.2) is 41.0 Å². The number of rotatable bonds is 4. The van der Waals surface area contributed by atoms with E-state index >= 15 is 0 Å². The van der Waals surface area contributed by atoms with Crippen molar-refractivity contribution in [2.75, 3.05) is 13.1 Å². The molecule has 0 aliphatic carbocycles. The van der Waals surface area contributed by atoms with E-state index in [2.05, 4.69) is 5.32 Å². The molecule has 1 aliphatic rings. The van der Waals surface area contributed by atoms with Crippen molar-refractivity contribution in [3.8, 4) is 0 Å². The molecule has 2 N–H and O–H groups in total. The van der Waals surface area contributed by atoms with E-state index in [4.69, 9.17) is 28.3 Å². The maximum absolute atomic E-state index is 11.8. The Kier molecular flexibility index (Phi) is 4.86. The van der Waals surface area contributed by atoms with Gasteiger partial charge in [-0.25, -0.2) is 0 Å². The van der Waals surface area contributed by atoms with Gasteiger partial charge in [-0.1, -0.05) is 23.2 Å². The van der Waals surface area contributed by atoms with E-state index in [0.717, 1.165) is 5.56 Å². The number of hydrogen-bond donors (Lipinski definition) is 2. The Morgan fingerprint density at radius 2 is 2.20 bits per heavy atom. The smallest absolute Gasteiger partial charge is 0.305 e. The van der Waals surface area contributed by atoms with Crippen molar-refractivity contribution >= 4 is 35.1 Å². The summed E-state index contributed by atoms with van der Waals surface area (Å²) in [4.78, 5) is 24.5. The van der Waals surface area contributed by atoms with Crippen LogP contribution in [0.4, 0.5) is 0 Å². The lowest BCUT2D eigenvalue weighted by atomic mass is 10.1. The number of aliphatic carboxylic acids is 1. The summed E-state index contributed by atoms with van der Waals surface area (Å²) in [6.07, 6.45) is -0.232. The van der Waals surface area contributed by atoms with Crippen LogP contribution in [-0.2, 0) is 16.1 Å². The lowest BCUT2D eigenvalue weighted by molar-refractivity contribution is -0.143. The van der Waals surface area contributed by atoms with E-state index in [-0.39, 0.29) is 12.3 Å². The van der Waals surface area contributed by atoms with Gasteiger partial charge in [0, 0.05) is 29.7 Å². The van der Waals surface area contributed by atoms with Crippen LogP contribution in [0.25, 0.3) is 0 Å². The third kappa shape index (κ3) is 3.62. The molecule has 1 aliphatic heterocycles. The summed E-state index contributed by atoms with van der Waals surface area (Å²) in [5, 5.41) is 12.7. The fourth-order valence-electron chi connectivity index (χ4n) is 2.22. The molecule has 1 aromatic rings. The van der Waals surface area contributed by atoms with Gasteiger partial charge in [-0.15, -0.1) is 0 Å². The van der Waals surface area contributed by atoms with Crippen molar-refractivity contribution in [2.24, 2.45) is 0 Å². The zero-order valence-corrected chi connectivity index (χ0v) is 12.1. The second-order valence-electron chi connectivity index (χ2n) is 4.61. The third-order valence-electron chi connectivity index (χ3n) is 3.19. The molecule has 0 bridgehead atoms. The maximum Gasteiger partial charge on any atom is 0.305 e. The Balaban J connectivity index is 2.18. The molecule has 0 spiro atoms. The average Bonchev–Trinajstić information content (AvgIpc) is 2.37. The first-order chi connectivity index (χ1) is 9.47. The quantitative estimate of drug-likeness (QED) is 0.888. The minimum absolute atomic E-state index is 0.232. The Morgan fingerprint density at radius 1 is 1.45 bits per heavy atom. The summed E-state index contributed by atoms with van der Waals surface area (Å²) < 4.78 is 0. The number of benzene rings is 1. The van der Waals surface area contributed by atoms with Crippen molar-refractivity contribution in [2.45, 2.75) is 19.0 Å². The number of amides is 1. The topological polar surface area (TPSA) is 69.6 Å². The highest BCUT2D eigenvalue weighted by molar-refractivity contribution is 6.33. The monoisotopic (exact) mass is 316 g/mol. The van der Waals surface area contributed by atoms with Gasteiger partial charge in [-0.05, 0) is 23.8 Å². The van der Waals surface area contributed by atoms with Crippen LogP contribution in [0.1, 0.15) is 12.0 Å². The lowest BCUT2D eigenvalue weighted by Gasteiger charge is -2.34. The lowest BCUT2D eigenvalue weighted by Crippen LogP contribution is -2.55. The Hall–Kier alpha value is -1.30. The normalized spacial score (nSPS) is 19.7. The van der Waals surface area contributed by atoms with E-state index in [1.54, 1.807) is 18.2 Å². The first-order valence-electron chi connectivity index (χ1n) is 6.15. The van der Waals surface area contributed by atoms with Crippen LogP contribution >= 0.6 is 23.2 Å². The zero-order chi connectivity index (χ0) is 14.7. The average molecular weight is 317 g/mol. The number of nitrogens with one attached hydrogen (secondary N) is 1. The molecule has 1 aromatic carbocycles. The van der Waals surface area contributed by atoms with Gasteiger partial charge in [0.15, 0.2) is 0 Å². The number of carbonyl (C=O) groups is 2. The fourth-order valence-corrected chi connectivity index (χ4v) is 2.59. The molecule has 1 saturated heterocycles. The number of carbonyl (C=O) groups excluding carboxylic acids is 1. The van der Waals surface area contributed by atoms with Crippen LogP contribution in [0.2, 0.25) is 10.0 Å². The minimum Gasteiger partial charge on any atom is -0.481 e. The fraction of sp³-hybridized carbons (Fsp3) is 0.385. The standard InChI is InChI=1S/C13H14Cl2N2O3/c14-9-1-2-10(15)8(5-9)7-17-4-3-16-13(20)11(17)6-12(18)19/h1-2,5,11H,3-4,6-7H2,(H,16,20)(H,18,19). The molecule has 1 heterocycles. The minimum atomic E-state index is -1.01. The van der Waals surface area contributed by atoms with E-state index < -0.39 is 12.0 Å². The summed E-state index contributed by atoms with van der Waals surface area (Å²) >= 11 is 12.0. The molecular formula is C13H14Cl2N2O3. The summed E-state index contributed by atoms with van der Waals surface area (Å²) in [5.74, 6) is -1.27. The highest BCUT2D eigenvalue weighted by atomic mass is 35.5. The predicted octanol–water partition coefficient (Wildman–Crippen LogP) is 1.77. The molecular weight excluding hydrogens is 303 g/mol. The summed E-state index contributed by atoms with van der Waals surface area (Å²) in [6, 6.07) is 4.42. The van der Waals surface area contributed by atoms with Gasteiger partial charge in [0.1, 0.15) is 6.04 Å². The molecule has 7 heteroatoms. The van der Waals surface area contributed by atoms with Crippen molar-refractivity contribution in [1.29, 1.82) is 0 Å². The highest BCUT2D eigenvalue weighted by Crippen LogP contribution is 2.23.